The zero-order chi connectivity index (χ0) is 24.2. The first kappa shape index (κ1) is 25.4. The third-order valence-electron chi connectivity index (χ3n) is 10.4. The largest absolute Gasteiger partial charge is 0.392 e. The van der Waals surface area contributed by atoms with Gasteiger partial charge in [0.05, 0.1) is 0 Å². The van der Waals surface area contributed by atoms with Crippen molar-refractivity contribution < 1.29 is 17.7 Å². The number of allylic oxidation sites excluding steroid dienone is 2. The summed E-state index contributed by atoms with van der Waals surface area (Å²) >= 11 is 0. The highest BCUT2D eigenvalue weighted by atomic mass is 28.4. The highest BCUT2D eigenvalue weighted by molar-refractivity contribution is 6.71. The molecule has 7 aliphatic carbocycles. The van der Waals surface area contributed by atoms with Crippen molar-refractivity contribution in [2.45, 2.75) is 79.3 Å². The van der Waals surface area contributed by atoms with E-state index in [9.17, 15) is 0 Å². The Balaban J connectivity index is 1.34. The van der Waals surface area contributed by atoms with Crippen molar-refractivity contribution in [1.82, 2.24) is 0 Å². The first-order valence-corrected chi connectivity index (χ1v) is 19.0. The maximum absolute atomic E-state index is 6.14. The molecular weight excluding hydrogens is 456 g/mol. The lowest BCUT2D eigenvalue weighted by molar-refractivity contribution is -0.237. The molecule has 0 spiro atoms. The molecule has 7 rings (SSSR count). The number of rotatable bonds is 12. The molecular formula is C28H48O4Si2. The summed E-state index contributed by atoms with van der Waals surface area (Å²) in [5, 5.41) is 0. The first-order valence-electron chi connectivity index (χ1n) is 14.2. The van der Waals surface area contributed by atoms with Crippen LogP contribution in [0.1, 0.15) is 66.2 Å². The Morgan fingerprint density at radius 1 is 0.529 bits per heavy atom. The van der Waals surface area contributed by atoms with Gasteiger partial charge in [0, 0.05) is 26.4 Å². The van der Waals surface area contributed by atoms with Crippen LogP contribution in [0, 0.1) is 46.3 Å². The number of hydrogen-bond acceptors (Lipinski definition) is 4. The van der Waals surface area contributed by atoms with E-state index in [0.29, 0.717) is 10.8 Å². The van der Waals surface area contributed by atoms with Gasteiger partial charge < -0.3 is 17.7 Å². The van der Waals surface area contributed by atoms with Crippen LogP contribution in [0.5, 0.6) is 0 Å². The molecule has 6 heteroatoms. The highest BCUT2D eigenvalue weighted by Gasteiger charge is 2.69. The minimum Gasteiger partial charge on any atom is -0.392 e. The summed E-state index contributed by atoms with van der Waals surface area (Å²) in [4.78, 5) is 0. The zero-order valence-electron chi connectivity index (χ0n) is 22.5. The Morgan fingerprint density at radius 2 is 0.765 bits per heavy atom. The molecule has 0 aromatic carbocycles. The Labute approximate surface area is 210 Å². The Hall–Kier alpha value is -0.246. The molecule has 0 amide bonds. The lowest BCUT2D eigenvalue weighted by Crippen LogP contribution is -2.67. The molecule has 0 aromatic rings. The standard InChI is InChI=1S/C28H48O4Si2/c1-7-29-33(5,30-8-2)13-11-27-15-21-24-18-28(12-14-34(6,31-9-3)32-10-4)19-25(21)23(17-27)26(20-28)22(24)16-27/h11-14,21-26H,7-10,15-20H2,1-6H3. The maximum Gasteiger partial charge on any atom is 0.361 e. The summed E-state index contributed by atoms with van der Waals surface area (Å²) in [5.74, 6) is 5.64. The molecule has 7 fully saturated rings. The van der Waals surface area contributed by atoms with Gasteiger partial charge in [-0.05, 0) is 137 Å². The fourth-order valence-electron chi connectivity index (χ4n) is 9.52. The molecule has 7 saturated carbocycles. The summed E-state index contributed by atoms with van der Waals surface area (Å²) < 4.78 is 24.6. The van der Waals surface area contributed by atoms with Crippen LogP contribution in [0.2, 0.25) is 13.1 Å². The first-order chi connectivity index (χ1) is 16.2. The highest BCUT2D eigenvalue weighted by Crippen LogP contribution is 2.77. The van der Waals surface area contributed by atoms with Gasteiger partial charge in [0.15, 0.2) is 0 Å². The van der Waals surface area contributed by atoms with E-state index in [4.69, 9.17) is 17.7 Å². The second kappa shape index (κ2) is 9.25. The molecule has 0 radical (unpaired) electrons. The molecule has 0 N–H and O–H groups in total. The van der Waals surface area contributed by atoms with Crippen molar-refractivity contribution in [3.8, 4) is 0 Å². The summed E-state index contributed by atoms with van der Waals surface area (Å²) in [6.45, 7) is 15.8. The molecule has 4 nitrogen and oxygen atoms in total. The van der Waals surface area contributed by atoms with Gasteiger partial charge in [-0.15, -0.1) is 0 Å². The summed E-state index contributed by atoms with van der Waals surface area (Å²) in [6.07, 6.45) is 13.7. The molecule has 34 heavy (non-hydrogen) atoms. The lowest BCUT2D eigenvalue weighted by Gasteiger charge is -2.74. The monoisotopic (exact) mass is 504 g/mol. The van der Waals surface area contributed by atoms with E-state index in [1.54, 1.807) is 0 Å². The third-order valence-corrected chi connectivity index (χ3v) is 15.3. The maximum atomic E-state index is 6.14. The van der Waals surface area contributed by atoms with Crippen molar-refractivity contribution in [3.05, 3.63) is 23.6 Å². The van der Waals surface area contributed by atoms with Gasteiger partial charge >= 0.3 is 17.1 Å². The Kier molecular flexibility index (Phi) is 6.91. The molecule has 0 heterocycles. The van der Waals surface area contributed by atoms with Crippen LogP contribution in [0.15, 0.2) is 23.6 Å². The SMILES string of the molecule is CCO[Si](C)(C=CC12CC3C4CC5(C=C[Si](C)(OCC)OCC)CC3C(C1)C(C5)C4C2)OCC. The Bertz CT molecular complexity index is 667. The summed E-state index contributed by atoms with van der Waals surface area (Å²) in [7, 11) is -4.40. The quantitative estimate of drug-likeness (QED) is 0.283. The third kappa shape index (κ3) is 4.28. The average Bonchev–Trinajstić information content (AvgIpc) is 2.80. The smallest absolute Gasteiger partial charge is 0.361 e. The second-order valence-corrected chi connectivity index (χ2v) is 18.2. The van der Waals surface area contributed by atoms with Crippen molar-refractivity contribution in [2.75, 3.05) is 26.4 Å². The van der Waals surface area contributed by atoms with Crippen LogP contribution in [0.4, 0.5) is 0 Å². The van der Waals surface area contributed by atoms with E-state index in [2.05, 4.69) is 64.3 Å². The van der Waals surface area contributed by atoms with Gasteiger partial charge in [-0.3, -0.25) is 0 Å². The Morgan fingerprint density at radius 3 is 0.971 bits per heavy atom. The predicted octanol–water partition coefficient (Wildman–Crippen LogP) is 6.55. The van der Waals surface area contributed by atoms with E-state index >= 15 is 0 Å². The molecule has 7 aliphatic rings. The van der Waals surface area contributed by atoms with Crippen LogP contribution < -0.4 is 0 Å². The lowest BCUT2D eigenvalue weighted by atomic mass is 9.30. The van der Waals surface area contributed by atoms with E-state index in [0.717, 1.165) is 61.9 Å². The minimum atomic E-state index is -2.20. The van der Waals surface area contributed by atoms with Crippen LogP contribution >= 0.6 is 0 Å². The molecule has 0 saturated heterocycles. The van der Waals surface area contributed by atoms with Gasteiger partial charge in [-0.25, -0.2) is 0 Å². The zero-order valence-corrected chi connectivity index (χ0v) is 24.5. The summed E-state index contributed by atoms with van der Waals surface area (Å²) in [6, 6.07) is 0. The van der Waals surface area contributed by atoms with E-state index in [1.807, 2.05) is 0 Å². The normalized spacial score (nSPS) is 42.6. The molecule has 0 unspecified atom stereocenters. The summed E-state index contributed by atoms with van der Waals surface area (Å²) in [5.41, 5.74) is 5.64. The van der Waals surface area contributed by atoms with Crippen molar-refractivity contribution >= 4 is 17.1 Å². The molecule has 0 aromatic heterocycles. The number of hydrogen-bond donors (Lipinski definition) is 0. The van der Waals surface area contributed by atoms with Crippen molar-refractivity contribution in [3.63, 3.8) is 0 Å². The topological polar surface area (TPSA) is 36.9 Å². The molecule has 8 bridgehead atoms. The van der Waals surface area contributed by atoms with E-state index in [1.165, 1.54) is 38.5 Å². The minimum absolute atomic E-state index is 0.411. The second-order valence-electron chi connectivity index (χ2n) is 12.4. The van der Waals surface area contributed by atoms with E-state index < -0.39 is 17.1 Å². The van der Waals surface area contributed by atoms with Crippen LogP contribution in [-0.4, -0.2) is 43.5 Å². The van der Waals surface area contributed by atoms with Gasteiger partial charge in [-0.1, -0.05) is 12.2 Å². The molecule has 192 valence electrons. The fraction of sp³-hybridized carbons (Fsp3) is 0.857. The average molecular weight is 505 g/mol. The molecule has 0 aliphatic heterocycles. The predicted molar refractivity (Wildman–Crippen MR) is 142 cm³/mol. The molecule has 0 atom stereocenters. The van der Waals surface area contributed by atoms with Gasteiger partial charge in [0.2, 0.25) is 0 Å². The van der Waals surface area contributed by atoms with Crippen molar-refractivity contribution in [1.29, 1.82) is 0 Å². The van der Waals surface area contributed by atoms with E-state index in [-0.39, 0.29) is 0 Å². The van der Waals surface area contributed by atoms with Gasteiger partial charge in [0.1, 0.15) is 0 Å². The fourth-order valence-corrected chi connectivity index (χ4v) is 13.7. The van der Waals surface area contributed by atoms with Crippen LogP contribution in [0.25, 0.3) is 0 Å². The van der Waals surface area contributed by atoms with Gasteiger partial charge in [0.25, 0.3) is 0 Å². The van der Waals surface area contributed by atoms with Crippen LogP contribution in [-0.2, 0) is 17.7 Å². The van der Waals surface area contributed by atoms with Crippen molar-refractivity contribution in [2.24, 2.45) is 46.3 Å². The van der Waals surface area contributed by atoms with Crippen LogP contribution in [0.3, 0.4) is 0 Å². The van der Waals surface area contributed by atoms with Gasteiger partial charge in [-0.2, -0.15) is 0 Å².